The molecule has 0 saturated heterocycles. The number of rotatable bonds is 6. The summed E-state index contributed by atoms with van der Waals surface area (Å²) in [7, 11) is 0. The van der Waals surface area contributed by atoms with Gasteiger partial charge in [0.2, 0.25) is 0 Å². The van der Waals surface area contributed by atoms with Gasteiger partial charge in [0, 0.05) is 64.1 Å². The molecule has 0 atom stereocenters. The average Bonchev–Trinajstić information content (AvgIpc) is 4.03. The van der Waals surface area contributed by atoms with E-state index in [-0.39, 0.29) is 0 Å². The van der Waals surface area contributed by atoms with Crippen LogP contribution in [-0.4, -0.2) is 19.5 Å². The van der Waals surface area contributed by atoms with Gasteiger partial charge >= 0.3 is 0 Å². The van der Waals surface area contributed by atoms with E-state index in [4.69, 9.17) is 19.4 Å². The first-order valence-corrected chi connectivity index (χ1v) is 21.9. The van der Waals surface area contributed by atoms with Gasteiger partial charge in [-0.1, -0.05) is 152 Å². The Morgan fingerprint density at radius 1 is 0.349 bits per heavy atom. The Morgan fingerprint density at radius 2 is 0.921 bits per heavy atom. The van der Waals surface area contributed by atoms with Crippen molar-refractivity contribution in [2.45, 2.75) is 0 Å². The number of aromatic nitrogens is 4. The molecule has 294 valence electrons. The quantitative estimate of drug-likeness (QED) is 0.168. The fraction of sp³-hybridized carbons (Fsp3) is 0. The number of benzene rings is 9. The highest BCUT2D eigenvalue weighted by Crippen LogP contribution is 2.41. The van der Waals surface area contributed by atoms with Gasteiger partial charge in [-0.15, -0.1) is 11.3 Å². The lowest BCUT2D eigenvalue weighted by Crippen LogP contribution is -2.00. The topological polar surface area (TPSA) is 56.7 Å². The van der Waals surface area contributed by atoms with Gasteiger partial charge in [0.05, 0.1) is 11.0 Å². The highest BCUT2D eigenvalue weighted by molar-refractivity contribution is 7.25. The van der Waals surface area contributed by atoms with Crippen molar-refractivity contribution in [2.75, 3.05) is 0 Å². The second kappa shape index (κ2) is 14.2. The van der Waals surface area contributed by atoms with Crippen molar-refractivity contribution in [2.24, 2.45) is 0 Å². The number of fused-ring (bicyclic) bond motifs is 9. The molecular weight excluding hydrogens is 789 g/mol. The second-order valence-electron chi connectivity index (χ2n) is 16.0. The smallest absolute Gasteiger partial charge is 0.164 e. The van der Waals surface area contributed by atoms with Gasteiger partial charge in [0.15, 0.2) is 17.5 Å². The summed E-state index contributed by atoms with van der Waals surface area (Å²) in [6.45, 7) is 0. The predicted molar refractivity (Wildman–Crippen MR) is 262 cm³/mol. The van der Waals surface area contributed by atoms with E-state index in [2.05, 4.69) is 180 Å². The zero-order valence-electron chi connectivity index (χ0n) is 33.7. The van der Waals surface area contributed by atoms with Gasteiger partial charge in [-0.05, 0) is 76.9 Å². The SMILES string of the molecule is c1ccc(-c2ccc3c(c2)sc2cc(-c4nc(-c5ccccc5)nc(-c5ccc6c(c5)oc5ccc(-n7c8ccccc8c8c(-c9ccccc9)cccc87)cc56)n4)ccc23)cc1. The summed E-state index contributed by atoms with van der Waals surface area (Å²) in [5, 5.41) is 7.03. The van der Waals surface area contributed by atoms with Crippen LogP contribution in [0.25, 0.3) is 126 Å². The molecule has 4 aromatic heterocycles. The normalized spacial score (nSPS) is 11.8. The standard InChI is InChI=1S/C57H34N4OS/c1-4-13-35(14-5-1)38-23-28-44-45-29-25-40(33-53(45)63-52(44)32-38)57-59-55(37-17-8-3-9-18-37)58-56(60-57)39-24-27-43-47-34-41(26-30-50(47)62-51(43)31-39)61-48-21-11-10-19-46(48)54-42(20-12-22-49(54)61)36-15-6-2-7-16-36/h1-34H. The lowest BCUT2D eigenvalue weighted by molar-refractivity contribution is 0.669. The third-order valence-electron chi connectivity index (χ3n) is 12.3. The lowest BCUT2D eigenvalue weighted by atomic mass is 9.99. The zero-order chi connectivity index (χ0) is 41.4. The summed E-state index contributed by atoms with van der Waals surface area (Å²) in [5.41, 5.74) is 12.6. The molecule has 6 heteroatoms. The molecule has 13 aromatic rings. The maximum atomic E-state index is 6.60. The van der Waals surface area contributed by atoms with E-state index >= 15 is 0 Å². The third-order valence-corrected chi connectivity index (χ3v) is 13.4. The maximum absolute atomic E-state index is 6.60. The van der Waals surface area contributed by atoms with E-state index in [1.165, 1.54) is 53.2 Å². The Kier molecular flexibility index (Phi) is 8.01. The van der Waals surface area contributed by atoms with Crippen LogP contribution in [0, 0.1) is 0 Å². The Bertz CT molecular complexity index is 3910. The first-order chi connectivity index (χ1) is 31.2. The van der Waals surface area contributed by atoms with E-state index in [1.54, 1.807) is 11.3 Å². The van der Waals surface area contributed by atoms with Crippen molar-refractivity contribution < 1.29 is 4.42 Å². The van der Waals surface area contributed by atoms with E-state index in [0.29, 0.717) is 17.5 Å². The first kappa shape index (κ1) is 35.6. The van der Waals surface area contributed by atoms with Crippen LogP contribution in [0.1, 0.15) is 0 Å². The molecule has 4 heterocycles. The molecule has 0 aliphatic carbocycles. The summed E-state index contributed by atoms with van der Waals surface area (Å²) in [5.74, 6) is 1.83. The fourth-order valence-electron chi connectivity index (χ4n) is 9.28. The largest absolute Gasteiger partial charge is 0.456 e. The number of para-hydroxylation sites is 1. The first-order valence-electron chi connectivity index (χ1n) is 21.1. The van der Waals surface area contributed by atoms with Gasteiger partial charge in [-0.25, -0.2) is 15.0 Å². The highest BCUT2D eigenvalue weighted by atomic mass is 32.1. The number of nitrogens with zero attached hydrogens (tertiary/aromatic N) is 4. The van der Waals surface area contributed by atoms with Gasteiger partial charge in [0.1, 0.15) is 11.2 Å². The zero-order valence-corrected chi connectivity index (χ0v) is 34.6. The Morgan fingerprint density at radius 3 is 1.65 bits per heavy atom. The molecule has 0 saturated carbocycles. The lowest BCUT2D eigenvalue weighted by Gasteiger charge is -2.09. The van der Waals surface area contributed by atoms with Gasteiger partial charge < -0.3 is 8.98 Å². The Labute approximate surface area is 365 Å². The molecule has 0 aliphatic heterocycles. The average molecular weight is 823 g/mol. The molecule has 0 radical (unpaired) electrons. The summed E-state index contributed by atoms with van der Waals surface area (Å²) in [6, 6.07) is 72.7. The van der Waals surface area contributed by atoms with Gasteiger partial charge in [-0.2, -0.15) is 0 Å². The molecule has 0 amide bonds. The maximum Gasteiger partial charge on any atom is 0.164 e. The number of hydrogen-bond donors (Lipinski definition) is 0. The fourth-order valence-corrected chi connectivity index (χ4v) is 10.5. The van der Waals surface area contributed by atoms with Gasteiger partial charge in [-0.3, -0.25) is 0 Å². The van der Waals surface area contributed by atoms with Crippen LogP contribution in [0.4, 0.5) is 0 Å². The van der Waals surface area contributed by atoms with Crippen LogP contribution in [0.2, 0.25) is 0 Å². The van der Waals surface area contributed by atoms with Crippen LogP contribution < -0.4 is 0 Å². The van der Waals surface area contributed by atoms with Crippen molar-refractivity contribution in [3.63, 3.8) is 0 Å². The van der Waals surface area contributed by atoms with Crippen LogP contribution in [-0.2, 0) is 0 Å². The van der Waals surface area contributed by atoms with E-state index in [9.17, 15) is 0 Å². The Balaban J connectivity index is 0.920. The molecule has 0 bridgehead atoms. The van der Waals surface area contributed by atoms with Crippen LogP contribution >= 0.6 is 11.3 Å². The van der Waals surface area contributed by atoms with Crippen molar-refractivity contribution in [3.8, 4) is 62.1 Å². The third kappa shape index (κ3) is 5.87. The molecule has 0 unspecified atom stereocenters. The van der Waals surface area contributed by atoms with E-state index < -0.39 is 0 Å². The van der Waals surface area contributed by atoms with Gasteiger partial charge in [0.25, 0.3) is 0 Å². The molecule has 0 fully saturated rings. The van der Waals surface area contributed by atoms with Crippen LogP contribution in [0.3, 0.4) is 0 Å². The summed E-state index contributed by atoms with van der Waals surface area (Å²) in [6.07, 6.45) is 0. The predicted octanol–water partition coefficient (Wildman–Crippen LogP) is 15.6. The molecule has 63 heavy (non-hydrogen) atoms. The molecule has 0 spiro atoms. The molecular formula is C57H34N4OS. The summed E-state index contributed by atoms with van der Waals surface area (Å²) < 4.78 is 11.4. The number of thiophene rings is 1. The number of hydrogen-bond acceptors (Lipinski definition) is 5. The molecule has 13 rings (SSSR count). The minimum absolute atomic E-state index is 0.588. The molecule has 0 aliphatic rings. The van der Waals surface area contributed by atoms with Crippen LogP contribution in [0.15, 0.2) is 211 Å². The van der Waals surface area contributed by atoms with E-state index in [0.717, 1.165) is 55.3 Å². The van der Waals surface area contributed by atoms with Crippen molar-refractivity contribution in [3.05, 3.63) is 206 Å². The Hall–Kier alpha value is -8.19. The van der Waals surface area contributed by atoms with E-state index in [1.807, 2.05) is 30.3 Å². The second-order valence-corrected chi connectivity index (χ2v) is 17.1. The minimum atomic E-state index is 0.588. The van der Waals surface area contributed by atoms with Crippen LogP contribution in [0.5, 0.6) is 0 Å². The number of furan rings is 1. The minimum Gasteiger partial charge on any atom is -0.456 e. The van der Waals surface area contributed by atoms with Crippen molar-refractivity contribution in [1.82, 2.24) is 19.5 Å². The van der Waals surface area contributed by atoms with Crippen molar-refractivity contribution in [1.29, 1.82) is 0 Å². The molecule has 0 N–H and O–H groups in total. The summed E-state index contributed by atoms with van der Waals surface area (Å²) >= 11 is 1.80. The van der Waals surface area contributed by atoms with Crippen molar-refractivity contribution >= 4 is 75.3 Å². The highest BCUT2D eigenvalue weighted by Gasteiger charge is 2.19. The molecule has 9 aromatic carbocycles. The monoisotopic (exact) mass is 822 g/mol. The molecule has 5 nitrogen and oxygen atoms in total. The summed E-state index contributed by atoms with van der Waals surface area (Å²) in [4.78, 5) is 15.3.